The minimum absolute atomic E-state index is 0.00967. The van der Waals surface area contributed by atoms with E-state index in [9.17, 15) is 0 Å². The molecule has 0 N–H and O–H groups in total. The summed E-state index contributed by atoms with van der Waals surface area (Å²) in [5, 5.41) is 1.98. The van der Waals surface area contributed by atoms with Gasteiger partial charge in [0.25, 0.3) is 0 Å². The van der Waals surface area contributed by atoms with Crippen LogP contribution < -0.4 is 10.6 Å². The summed E-state index contributed by atoms with van der Waals surface area (Å²) in [7, 11) is -3.23. The molecule has 60 heavy (non-hydrogen) atoms. The maximum absolute atomic E-state index is 17.2. The molecule has 0 heterocycles. The van der Waals surface area contributed by atoms with Crippen LogP contribution in [0.15, 0.2) is 182 Å². The van der Waals surface area contributed by atoms with Crippen LogP contribution in [0.25, 0.3) is 27.8 Å². The Morgan fingerprint density at radius 3 is 1.82 bits per heavy atom. The summed E-state index contributed by atoms with van der Waals surface area (Å²) in [6.45, 7) is 6.89. The van der Waals surface area contributed by atoms with Gasteiger partial charge in [-0.2, -0.15) is 0 Å². The monoisotopic (exact) mass is 792 g/mol. The molecule has 292 valence electrons. The summed E-state index contributed by atoms with van der Waals surface area (Å²) >= 11 is 0. The van der Waals surface area contributed by atoms with Crippen LogP contribution in [-0.2, 0) is 15.4 Å². The molecule has 5 aliphatic rings. The number of benzene rings is 7. The van der Waals surface area contributed by atoms with E-state index in [1.54, 1.807) is 0 Å². The molecular formula is C58H49OP. The topological polar surface area (TPSA) is 17.1 Å². The van der Waals surface area contributed by atoms with Crippen LogP contribution in [0.1, 0.15) is 95.5 Å². The first kappa shape index (κ1) is 36.1. The quantitative estimate of drug-likeness (QED) is 0.159. The smallest absolute Gasteiger partial charge is 0.146 e. The number of hydrogen-bond donors (Lipinski definition) is 0. The molecule has 2 spiro atoms. The van der Waals surface area contributed by atoms with Gasteiger partial charge in [-0.15, -0.1) is 0 Å². The molecule has 0 radical (unpaired) electrons. The van der Waals surface area contributed by atoms with Crippen molar-refractivity contribution >= 4 is 23.3 Å². The second kappa shape index (κ2) is 13.1. The van der Waals surface area contributed by atoms with E-state index in [0.717, 1.165) is 36.3 Å². The first-order chi connectivity index (χ1) is 29.4. The summed E-state index contributed by atoms with van der Waals surface area (Å²) in [6, 6.07) is 61.1. The first-order valence-corrected chi connectivity index (χ1v) is 23.9. The number of rotatable bonds is 5. The summed E-state index contributed by atoms with van der Waals surface area (Å²) in [4.78, 5) is 0. The Kier molecular flexibility index (Phi) is 7.90. The van der Waals surface area contributed by atoms with Gasteiger partial charge in [0.15, 0.2) is 0 Å². The SMILES string of the molecule is CC/C=C\C1=C(C)C2(c3cc(C)ccc31)c1ccccc1C1CCC(P(=O)(c3ccccc3)c3ccc4c(c3)C3(c5ccccc5-c5ccccc53)c3ccccc3-4)CC12. The normalized spacial score (nSPS) is 23.2. The summed E-state index contributed by atoms with van der Waals surface area (Å²) in [5.41, 5.74) is 19.5. The van der Waals surface area contributed by atoms with E-state index in [2.05, 4.69) is 197 Å². The Balaban J connectivity index is 1.07. The lowest BCUT2D eigenvalue weighted by Crippen LogP contribution is -2.40. The minimum atomic E-state index is -3.23. The number of hydrogen-bond acceptors (Lipinski definition) is 1. The number of allylic oxidation sites excluding steroid dienone is 4. The van der Waals surface area contributed by atoms with Crippen molar-refractivity contribution in [1.82, 2.24) is 0 Å². The van der Waals surface area contributed by atoms with Crippen molar-refractivity contribution in [3.63, 3.8) is 0 Å². The Morgan fingerprint density at radius 2 is 1.15 bits per heavy atom. The first-order valence-electron chi connectivity index (χ1n) is 22.1. The number of fused-ring (bicyclic) bond motifs is 17. The fraction of sp³-hybridized carbons (Fsp3) is 0.207. The standard InChI is InChI=1S/C58H49OP/c1-4-5-19-42-38(3)57(54-34-37(2)28-31-47(42)54)50-24-13-9-22-45(50)48-32-29-40(35-55(48)57)60(59,39-17-7-6-8-18-39)41-30-33-49-46-23-12-16-27-53(46)58(56(49)36-41)51-25-14-10-20-43(51)44-21-11-15-26-52(44)58/h5-28,30-31,33-34,36,40,48,55H,4,29,32,35H2,1-3H3/b19-5-. The van der Waals surface area contributed by atoms with Gasteiger partial charge in [-0.3, -0.25) is 0 Å². The van der Waals surface area contributed by atoms with Crippen molar-refractivity contribution in [2.45, 2.75) is 68.9 Å². The van der Waals surface area contributed by atoms with Crippen molar-refractivity contribution < 1.29 is 4.57 Å². The summed E-state index contributed by atoms with van der Waals surface area (Å²) in [6.07, 6.45) is 8.57. The largest absolute Gasteiger partial charge is 0.313 e. The van der Waals surface area contributed by atoms with Crippen LogP contribution in [0.3, 0.4) is 0 Å². The molecule has 0 amide bonds. The van der Waals surface area contributed by atoms with E-state index in [1.807, 2.05) is 0 Å². The van der Waals surface area contributed by atoms with Crippen LogP contribution in [0.4, 0.5) is 0 Å². The van der Waals surface area contributed by atoms with Crippen molar-refractivity contribution in [2.24, 2.45) is 5.92 Å². The van der Waals surface area contributed by atoms with Crippen LogP contribution >= 0.6 is 7.14 Å². The third-order valence-corrected chi connectivity index (χ3v) is 19.2. The van der Waals surface area contributed by atoms with Gasteiger partial charge in [-0.05, 0) is 130 Å². The van der Waals surface area contributed by atoms with Crippen LogP contribution in [-0.4, -0.2) is 5.66 Å². The zero-order chi connectivity index (χ0) is 40.4. The van der Waals surface area contributed by atoms with Gasteiger partial charge in [0, 0.05) is 21.7 Å². The average molecular weight is 793 g/mol. The molecule has 7 aromatic rings. The highest BCUT2D eigenvalue weighted by Gasteiger charge is 2.60. The molecule has 1 nitrogen and oxygen atoms in total. The van der Waals surface area contributed by atoms with Crippen LogP contribution in [0.2, 0.25) is 0 Å². The zero-order valence-corrected chi connectivity index (χ0v) is 35.6. The maximum atomic E-state index is 17.2. The Labute approximate surface area is 354 Å². The third kappa shape index (κ3) is 4.47. The minimum Gasteiger partial charge on any atom is -0.313 e. The summed E-state index contributed by atoms with van der Waals surface area (Å²) < 4.78 is 17.2. The lowest BCUT2D eigenvalue weighted by atomic mass is 9.62. The van der Waals surface area contributed by atoms with Crippen molar-refractivity contribution in [3.8, 4) is 22.3 Å². The van der Waals surface area contributed by atoms with Crippen LogP contribution in [0.5, 0.6) is 0 Å². The molecule has 1 saturated carbocycles. The zero-order valence-electron chi connectivity index (χ0n) is 34.7. The van der Waals surface area contributed by atoms with Gasteiger partial charge in [-0.1, -0.05) is 188 Å². The maximum Gasteiger partial charge on any atom is 0.146 e. The van der Waals surface area contributed by atoms with Gasteiger partial charge in [0.1, 0.15) is 7.14 Å². The average Bonchev–Trinajstić information content (AvgIpc) is 3.96. The lowest BCUT2D eigenvalue weighted by Gasteiger charge is -2.44. The fourth-order valence-corrected chi connectivity index (χ4v) is 16.7. The Bertz CT molecular complexity index is 2970. The molecule has 0 aliphatic heterocycles. The summed E-state index contributed by atoms with van der Waals surface area (Å²) in [5.74, 6) is 0.696. The molecule has 5 aliphatic carbocycles. The van der Waals surface area contributed by atoms with E-state index in [4.69, 9.17) is 0 Å². The highest BCUT2D eigenvalue weighted by molar-refractivity contribution is 7.79. The fourth-order valence-electron chi connectivity index (χ4n) is 13.3. The molecule has 5 unspecified atom stereocenters. The Morgan fingerprint density at radius 1 is 0.567 bits per heavy atom. The molecule has 1 fully saturated rings. The van der Waals surface area contributed by atoms with Crippen molar-refractivity contribution in [1.29, 1.82) is 0 Å². The van der Waals surface area contributed by atoms with Crippen molar-refractivity contribution in [2.75, 3.05) is 0 Å². The second-order valence-corrected chi connectivity index (χ2v) is 21.2. The predicted molar refractivity (Wildman–Crippen MR) is 250 cm³/mol. The molecule has 0 aromatic heterocycles. The van der Waals surface area contributed by atoms with Gasteiger partial charge in [-0.25, -0.2) is 0 Å². The van der Waals surface area contributed by atoms with Gasteiger partial charge >= 0.3 is 0 Å². The highest BCUT2D eigenvalue weighted by atomic mass is 31.2. The molecule has 0 bridgehead atoms. The molecule has 12 rings (SSSR count). The molecule has 2 heteroatoms. The van der Waals surface area contributed by atoms with Gasteiger partial charge in [0.05, 0.1) is 5.41 Å². The van der Waals surface area contributed by atoms with E-state index in [1.165, 1.54) is 83.5 Å². The highest BCUT2D eigenvalue weighted by Crippen LogP contribution is 2.70. The van der Waals surface area contributed by atoms with Crippen LogP contribution in [0, 0.1) is 12.8 Å². The van der Waals surface area contributed by atoms with E-state index in [0.29, 0.717) is 5.92 Å². The lowest BCUT2D eigenvalue weighted by molar-refractivity contribution is 0.263. The molecule has 0 saturated heterocycles. The number of aryl methyl sites for hydroxylation is 1. The molecule has 5 atom stereocenters. The molecule has 7 aromatic carbocycles. The van der Waals surface area contributed by atoms with E-state index in [-0.39, 0.29) is 17.0 Å². The third-order valence-electron chi connectivity index (χ3n) is 15.6. The Hall–Kier alpha value is -5.75. The van der Waals surface area contributed by atoms with E-state index < -0.39 is 12.6 Å². The van der Waals surface area contributed by atoms with Gasteiger partial charge in [0.2, 0.25) is 0 Å². The molecular weight excluding hydrogens is 744 g/mol. The van der Waals surface area contributed by atoms with E-state index >= 15 is 4.57 Å². The van der Waals surface area contributed by atoms with Gasteiger partial charge < -0.3 is 4.57 Å². The predicted octanol–water partition coefficient (Wildman–Crippen LogP) is 13.7. The second-order valence-electron chi connectivity index (χ2n) is 18.1. The van der Waals surface area contributed by atoms with Crippen molar-refractivity contribution in [3.05, 3.63) is 232 Å².